The summed E-state index contributed by atoms with van der Waals surface area (Å²) >= 11 is 0. The Labute approximate surface area is 146 Å². The standard InChI is InChI=1S/C13H20N2O8S2/c16-15(17)13-5-3-12(4-6-13)11-14(7-1-9-24(18,19)20)8-2-10-25(21,22)23/h3-6H,1-2,7-11H2,(H,18,19,20)(H,21,22,23). The van der Waals surface area contributed by atoms with E-state index in [0.29, 0.717) is 6.54 Å². The minimum Gasteiger partial charge on any atom is -0.299 e. The minimum absolute atomic E-state index is 0.0620. The Balaban J connectivity index is 2.69. The maximum atomic E-state index is 10.8. The van der Waals surface area contributed by atoms with Crippen molar-refractivity contribution in [3.05, 3.63) is 39.9 Å². The zero-order chi connectivity index (χ0) is 19.1. The van der Waals surface area contributed by atoms with Crippen molar-refractivity contribution in [2.24, 2.45) is 0 Å². The second-order valence-electron chi connectivity index (χ2n) is 5.48. The van der Waals surface area contributed by atoms with Gasteiger partial charge in [-0.3, -0.25) is 24.1 Å². The summed E-state index contributed by atoms with van der Waals surface area (Å²) < 4.78 is 60.6. The molecule has 0 aliphatic heterocycles. The average Bonchev–Trinajstić information content (AvgIpc) is 2.45. The molecule has 0 radical (unpaired) electrons. The van der Waals surface area contributed by atoms with E-state index in [2.05, 4.69) is 0 Å². The van der Waals surface area contributed by atoms with Crippen LogP contribution in [0.2, 0.25) is 0 Å². The third-order valence-electron chi connectivity index (χ3n) is 3.31. The van der Waals surface area contributed by atoms with E-state index in [1.807, 2.05) is 0 Å². The summed E-state index contributed by atoms with van der Waals surface area (Å²) in [6.45, 7) is 0.847. The van der Waals surface area contributed by atoms with E-state index in [4.69, 9.17) is 9.11 Å². The van der Waals surface area contributed by atoms with E-state index in [1.54, 1.807) is 17.0 Å². The molecule has 0 amide bonds. The van der Waals surface area contributed by atoms with Crippen molar-refractivity contribution in [1.29, 1.82) is 0 Å². The van der Waals surface area contributed by atoms with E-state index < -0.39 is 36.7 Å². The summed E-state index contributed by atoms with van der Waals surface area (Å²) in [4.78, 5) is 11.9. The molecule has 0 unspecified atom stereocenters. The lowest BCUT2D eigenvalue weighted by atomic mass is 10.2. The van der Waals surface area contributed by atoms with Gasteiger partial charge < -0.3 is 0 Å². The molecular formula is C13H20N2O8S2. The highest BCUT2D eigenvalue weighted by molar-refractivity contribution is 7.86. The van der Waals surface area contributed by atoms with Gasteiger partial charge in [0.1, 0.15) is 0 Å². The quantitative estimate of drug-likeness (QED) is 0.316. The van der Waals surface area contributed by atoms with Crippen LogP contribution in [0.3, 0.4) is 0 Å². The first-order valence-corrected chi connectivity index (χ1v) is 10.5. The van der Waals surface area contributed by atoms with E-state index >= 15 is 0 Å². The molecule has 10 nitrogen and oxygen atoms in total. The van der Waals surface area contributed by atoms with Crippen molar-refractivity contribution in [2.45, 2.75) is 19.4 Å². The van der Waals surface area contributed by atoms with Gasteiger partial charge in [0.05, 0.1) is 16.4 Å². The largest absolute Gasteiger partial charge is 0.299 e. The maximum absolute atomic E-state index is 10.8. The lowest BCUT2D eigenvalue weighted by Crippen LogP contribution is -2.28. The van der Waals surface area contributed by atoms with E-state index in [0.717, 1.165) is 5.56 Å². The summed E-state index contributed by atoms with van der Waals surface area (Å²) in [6.07, 6.45) is 0.273. The summed E-state index contributed by atoms with van der Waals surface area (Å²) in [6, 6.07) is 5.78. The fourth-order valence-corrected chi connectivity index (χ4v) is 3.18. The Morgan fingerprint density at radius 2 is 1.36 bits per heavy atom. The molecule has 2 N–H and O–H groups in total. The number of nitro groups is 1. The van der Waals surface area contributed by atoms with Gasteiger partial charge in [-0.1, -0.05) is 12.1 Å². The first-order chi connectivity index (χ1) is 11.5. The third-order valence-corrected chi connectivity index (χ3v) is 4.92. The first-order valence-electron chi connectivity index (χ1n) is 7.32. The first kappa shape index (κ1) is 21.4. The minimum atomic E-state index is -4.09. The Hall–Kier alpha value is -1.60. The molecule has 1 aromatic carbocycles. The highest BCUT2D eigenvalue weighted by Gasteiger charge is 2.12. The molecule has 0 aliphatic rings. The molecule has 12 heteroatoms. The van der Waals surface area contributed by atoms with Gasteiger partial charge in [0.25, 0.3) is 25.9 Å². The number of rotatable bonds is 11. The van der Waals surface area contributed by atoms with E-state index in [1.165, 1.54) is 12.1 Å². The van der Waals surface area contributed by atoms with Crippen LogP contribution in [-0.4, -0.2) is 60.4 Å². The molecule has 0 heterocycles. The number of hydrogen-bond acceptors (Lipinski definition) is 7. The summed E-state index contributed by atoms with van der Waals surface area (Å²) in [5.41, 5.74) is 0.664. The van der Waals surface area contributed by atoms with Gasteiger partial charge in [0.15, 0.2) is 0 Å². The number of non-ortho nitro benzene ring substituents is 1. The molecule has 0 aliphatic carbocycles. The van der Waals surface area contributed by atoms with E-state index in [9.17, 15) is 26.9 Å². The Kier molecular flexibility index (Phi) is 7.89. The zero-order valence-electron chi connectivity index (χ0n) is 13.3. The van der Waals surface area contributed by atoms with Crippen molar-refractivity contribution in [1.82, 2.24) is 4.90 Å². The maximum Gasteiger partial charge on any atom is 0.269 e. The smallest absolute Gasteiger partial charge is 0.269 e. The number of nitro benzene ring substituents is 1. The van der Waals surface area contributed by atoms with Gasteiger partial charge in [0, 0.05) is 18.7 Å². The van der Waals surface area contributed by atoms with Crippen molar-refractivity contribution in [3.8, 4) is 0 Å². The highest BCUT2D eigenvalue weighted by atomic mass is 32.2. The molecule has 0 spiro atoms. The summed E-state index contributed by atoms with van der Waals surface area (Å²) in [5.74, 6) is -0.857. The molecule has 142 valence electrons. The Morgan fingerprint density at radius 3 is 1.72 bits per heavy atom. The second-order valence-corrected chi connectivity index (χ2v) is 8.62. The van der Waals surface area contributed by atoms with Crippen LogP contribution in [0.5, 0.6) is 0 Å². The van der Waals surface area contributed by atoms with Crippen LogP contribution in [0.15, 0.2) is 24.3 Å². The fourth-order valence-electron chi connectivity index (χ4n) is 2.19. The lowest BCUT2D eigenvalue weighted by molar-refractivity contribution is -0.384. The normalized spacial score (nSPS) is 12.4. The molecule has 0 fully saturated rings. The Morgan fingerprint density at radius 1 is 0.920 bits per heavy atom. The van der Waals surface area contributed by atoms with Gasteiger partial charge in [0.2, 0.25) is 0 Å². The van der Waals surface area contributed by atoms with Crippen LogP contribution in [-0.2, 0) is 26.8 Å². The Bertz CT molecular complexity index is 737. The number of nitrogens with zero attached hydrogens (tertiary/aromatic N) is 2. The van der Waals surface area contributed by atoms with Crippen molar-refractivity contribution >= 4 is 25.9 Å². The summed E-state index contributed by atoms with van der Waals surface area (Å²) in [7, 11) is -8.18. The fraction of sp³-hybridized carbons (Fsp3) is 0.538. The molecular weight excluding hydrogens is 376 g/mol. The predicted molar refractivity (Wildman–Crippen MR) is 90.4 cm³/mol. The van der Waals surface area contributed by atoms with Crippen molar-refractivity contribution in [2.75, 3.05) is 24.6 Å². The molecule has 0 atom stereocenters. The summed E-state index contributed by atoms with van der Waals surface area (Å²) in [5, 5.41) is 10.6. The van der Waals surface area contributed by atoms with Crippen LogP contribution in [0.1, 0.15) is 18.4 Å². The average molecular weight is 396 g/mol. The van der Waals surface area contributed by atoms with Crippen molar-refractivity contribution < 1.29 is 30.9 Å². The van der Waals surface area contributed by atoms with Crippen LogP contribution >= 0.6 is 0 Å². The SMILES string of the molecule is O=[N+]([O-])c1ccc(CN(CCCS(=O)(=O)O)CCCS(=O)(=O)O)cc1. The molecule has 1 aromatic rings. The predicted octanol–water partition coefficient (Wildman–Crippen LogP) is 0.953. The van der Waals surface area contributed by atoms with Gasteiger partial charge in [-0.2, -0.15) is 16.8 Å². The highest BCUT2D eigenvalue weighted by Crippen LogP contribution is 2.14. The van der Waals surface area contributed by atoms with Crippen molar-refractivity contribution in [3.63, 3.8) is 0 Å². The number of hydrogen-bond donors (Lipinski definition) is 2. The van der Waals surface area contributed by atoms with Crippen LogP contribution in [0, 0.1) is 10.1 Å². The second kappa shape index (κ2) is 9.20. The van der Waals surface area contributed by atoms with Gasteiger partial charge in [-0.05, 0) is 31.5 Å². The monoisotopic (exact) mass is 396 g/mol. The number of benzene rings is 1. The van der Waals surface area contributed by atoms with Gasteiger partial charge in [-0.15, -0.1) is 0 Å². The van der Waals surface area contributed by atoms with Gasteiger partial charge >= 0.3 is 0 Å². The van der Waals surface area contributed by atoms with Gasteiger partial charge in [-0.25, -0.2) is 0 Å². The molecule has 0 saturated carbocycles. The molecule has 0 bridgehead atoms. The molecule has 25 heavy (non-hydrogen) atoms. The van der Waals surface area contributed by atoms with Crippen LogP contribution in [0.4, 0.5) is 5.69 Å². The lowest BCUT2D eigenvalue weighted by Gasteiger charge is -2.22. The molecule has 0 aromatic heterocycles. The topological polar surface area (TPSA) is 155 Å². The van der Waals surface area contributed by atoms with Crippen LogP contribution in [0.25, 0.3) is 0 Å². The van der Waals surface area contributed by atoms with Crippen LogP contribution < -0.4 is 0 Å². The molecule has 0 saturated heterocycles. The third kappa shape index (κ3) is 10.1. The zero-order valence-corrected chi connectivity index (χ0v) is 14.9. The molecule has 1 rings (SSSR count). The van der Waals surface area contributed by atoms with E-state index in [-0.39, 0.29) is 31.6 Å².